The van der Waals surface area contributed by atoms with Crippen molar-refractivity contribution in [1.82, 2.24) is 10.6 Å². The van der Waals surface area contributed by atoms with Gasteiger partial charge in [-0.1, -0.05) is 20.8 Å². The van der Waals surface area contributed by atoms with Gasteiger partial charge in [0.05, 0.1) is 0 Å². The predicted molar refractivity (Wildman–Crippen MR) is 83.0 cm³/mol. The van der Waals surface area contributed by atoms with Crippen LogP contribution in [0.5, 0.6) is 0 Å². The number of ether oxygens (including phenoxy) is 1. The largest absolute Gasteiger partial charge is 0.444 e. The van der Waals surface area contributed by atoms with Crippen molar-refractivity contribution in [2.75, 3.05) is 0 Å². The van der Waals surface area contributed by atoms with E-state index in [2.05, 4.69) is 10.6 Å². The van der Waals surface area contributed by atoms with Crippen LogP contribution in [-0.4, -0.2) is 29.7 Å². The van der Waals surface area contributed by atoms with E-state index in [0.29, 0.717) is 18.9 Å². The van der Waals surface area contributed by atoms with Gasteiger partial charge in [-0.3, -0.25) is 4.79 Å². The Hall–Kier alpha value is -1.26. The van der Waals surface area contributed by atoms with E-state index in [1.54, 1.807) is 0 Å². The SMILES string of the molecule is CC(C)(C)OC(=O)N[C@@H](CCC(=O)NC1CC1)C(C)(C)C. The minimum Gasteiger partial charge on any atom is -0.444 e. The first-order valence-electron chi connectivity index (χ1n) is 7.76. The maximum absolute atomic E-state index is 11.9. The third-order valence-corrected chi connectivity index (χ3v) is 3.34. The highest BCUT2D eigenvalue weighted by atomic mass is 16.6. The molecule has 5 nitrogen and oxygen atoms in total. The lowest BCUT2D eigenvalue weighted by molar-refractivity contribution is -0.121. The van der Waals surface area contributed by atoms with Crippen molar-refractivity contribution in [3.8, 4) is 0 Å². The lowest BCUT2D eigenvalue weighted by Gasteiger charge is -2.32. The molecule has 2 N–H and O–H groups in total. The van der Waals surface area contributed by atoms with Gasteiger partial charge in [0.2, 0.25) is 5.91 Å². The number of alkyl carbamates (subject to hydrolysis) is 1. The van der Waals surface area contributed by atoms with Crippen molar-refractivity contribution in [3.63, 3.8) is 0 Å². The third-order valence-electron chi connectivity index (χ3n) is 3.34. The summed E-state index contributed by atoms with van der Waals surface area (Å²) < 4.78 is 5.29. The Bertz CT molecular complexity index is 376. The summed E-state index contributed by atoms with van der Waals surface area (Å²) in [5.74, 6) is 0.0674. The van der Waals surface area contributed by atoms with E-state index < -0.39 is 11.7 Å². The molecule has 0 saturated heterocycles. The Balaban J connectivity index is 2.47. The standard InChI is InChI=1S/C16H30N2O3/c1-15(2,3)12(18-14(20)21-16(4,5)6)9-10-13(19)17-11-7-8-11/h11-12H,7-10H2,1-6H3,(H,17,19)(H,18,20)/t12-/m0/s1. The zero-order chi connectivity index (χ0) is 16.3. The first kappa shape index (κ1) is 17.8. The quantitative estimate of drug-likeness (QED) is 0.820. The van der Waals surface area contributed by atoms with Gasteiger partial charge in [-0.2, -0.15) is 0 Å². The maximum atomic E-state index is 11.9. The van der Waals surface area contributed by atoms with Crippen LogP contribution >= 0.6 is 0 Å². The molecule has 0 bridgehead atoms. The van der Waals surface area contributed by atoms with Gasteiger partial charge in [-0.25, -0.2) is 4.79 Å². The van der Waals surface area contributed by atoms with E-state index in [0.717, 1.165) is 12.8 Å². The highest BCUT2D eigenvalue weighted by molar-refractivity contribution is 5.76. The average molecular weight is 298 g/mol. The summed E-state index contributed by atoms with van der Waals surface area (Å²) in [4.78, 5) is 23.7. The summed E-state index contributed by atoms with van der Waals surface area (Å²) >= 11 is 0. The van der Waals surface area contributed by atoms with E-state index in [1.165, 1.54) is 0 Å². The van der Waals surface area contributed by atoms with Crippen molar-refractivity contribution in [2.24, 2.45) is 5.41 Å². The Labute approximate surface area is 128 Å². The van der Waals surface area contributed by atoms with E-state index in [9.17, 15) is 9.59 Å². The zero-order valence-corrected chi connectivity index (χ0v) is 14.2. The summed E-state index contributed by atoms with van der Waals surface area (Å²) in [6.45, 7) is 11.7. The van der Waals surface area contributed by atoms with Crippen LogP contribution in [0, 0.1) is 5.41 Å². The second-order valence-electron chi connectivity index (χ2n) is 7.95. The first-order valence-corrected chi connectivity index (χ1v) is 7.76. The number of rotatable bonds is 5. The van der Waals surface area contributed by atoms with Crippen LogP contribution in [-0.2, 0) is 9.53 Å². The molecule has 1 aliphatic rings. The highest BCUT2D eigenvalue weighted by Crippen LogP contribution is 2.24. The van der Waals surface area contributed by atoms with Crippen LogP contribution in [0.15, 0.2) is 0 Å². The lowest BCUT2D eigenvalue weighted by atomic mass is 9.84. The van der Waals surface area contributed by atoms with Crippen molar-refractivity contribution in [3.05, 3.63) is 0 Å². The fourth-order valence-electron chi connectivity index (χ4n) is 1.97. The minimum atomic E-state index is -0.518. The molecule has 0 aromatic heterocycles. The summed E-state index contributed by atoms with van der Waals surface area (Å²) in [6, 6.07) is 0.279. The molecule has 1 atom stereocenters. The number of hydrogen-bond donors (Lipinski definition) is 2. The molecule has 21 heavy (non-hydrogen) atoms. The number of carbonyl (C=O) groups excluding carboxylic acids is 2. The number of amides is 2. The van der Waals surface area contributed by atoms with Crippen molar-refractivity contribution >= 4 is 12.0 Å². The molecule has 0 unspecified atom stereocenters. The van der Waals surface area contributed by atoms with Gasteiger partial charge < -0.3 is 15.4 Å². The topological polar surface area (TPSA) is 67.4 Å². The highest BCUT2D eigenvalue weighted by Gasteiger charge is 2.29. The smallest absolute Gasteiger partial charge is 0.407 e. The molecule has 2 amide bonds. The van der Waals surface area contributed by atoms with Gasteiger partial charge in [-0.05, 0) is 45.4 Å². The molecule has 1 fully saturated rings. The molecule has 0 heterocycles. The van der Waals surface area contributed by atoms with E-state index in [-0.39, 0.29) is 17.4 Å². The van der Waals surface area contributed by atoms with Gasteiger partial charge in [0.25, 0.3) is 0 Å². The van der Waals surface area contributed by atoms with E-state index in [1.807, 2.05) is 41.5 Å². The number of carbonyl (C=O) groups is 2. The Morgan fingerprint density at radius 1 is 1.14 bits per heavy atom. The second kappa shape index (κ2) is 6.67. The normalized spacial score (nSPS) is 17.0. The molecule has 0 aromatic carbocycles. The molecule has 0 radical (unpaired) electrons. The Kier molecular flexibility index (Phi) is 5.65. The van der Waals surface area contributed by atoms with Crippen molar-refractivity contribution < 1.29 is 14.3 Å². The van der Waals surface area contributed by atoms with Crippen LogP contribution in [0.4, 0.5) is 4.79 Å². The Morgan fingerprint density at radius 3 is 2.14 bits per heavy atom. The molecule has 0 aromatic rings. The zero-order valence-electron chi connectivity index (χ0n) is 14.2. The molecular formula is C16H30N2O3. The summed E-state index contributed by atoms with van der Waals surface area (Å²) in [5.41, 5.74) is -0.646. The van der Waals surface area contributed by atoms with Crippen molar-refractivity contribution in [1.29, 1.82) is 0 Å². The molecular weight excluding hydrogens is 268 g/mol. The molecule has 1 saturated carbocycles. The first-order chi connectivity index (χ1) is 9.47. The summed E-state index contributed by atoms with van der Waals surface area (Å²) in [7, 11) is 0. The third kappa shape index (κ3) is 7.93. The second-order valence-corrected chi connectivity index (χ2v) is 7.95. The van der Waals surface area contributed by atoms with Gasteiger partial charge in [0, 0.05) is 18.5 Å². The fraction of sp³-hybridized carbons (Fsp3) is 0.875. The van der Waals surface area contributed by atoms with Crippen molar-refractivity contribution in [2.45, 2.75) is 84.9 Å². The average Bonchev–Trinajstić information content (AvgIpc) is 3.03. The maximum Gasteiger partial charge on any atom is 0.407 e. The fourth-order valence-corrected chi connectivity index (χ4v) is 1.97. The lowest BCUT2D eigenvalue weighted by Crippen LogP contribution is -2.46. The van der Waals surface area contributed by atoms with Crippen LogP contribution in [0.25, 0.3) is 0 Å². The van der Waals surface area contributed by atoms with E-state index in [4.69, 9.17) is 4.74 Å². The van der Waals surface area contributed by atoms with Gasteiger partial charge in [0.15, 0.2) is 0 Å². The number of nitrogens with one attached hydrogen (secondary N) is 2. The van der Waals surface area contributed by atoms with Gasteiger partial charge in [0.1, 0.15) is 5.60 Å². The van der Waals surface area contributed by atoms with Crippen LogP contribution in [0.3, 0.4) is 0 Å². The molecule has 5 heteroatoms. The van der Waals surface area contributed by atoms with Gasteiger partial charge >= 0.3 is 6.09 Å². The Morgan fingerprint density at radius 2 is 1.71 bits per heavy atom. The molecule has 1 aliphatic carbocycles. The monoisotopic (exact) mass is 298 g/mol. The molecule has 0 aliphatic heterocycles. The van der Waals surface area contributed by atoms with E-state index >= 15 is 0 Å². The molecule has 122 valence electrons. The van der Waals surface area contributed by atoms with Crippen LogP contribution < -0.4 is 10.6 Å². The van der Waals surface area contributed by atoms with Crippen LogP contribution in [0.2, 0.25) is 0 Å². The predicted octanol–water partition coefficient (Wildman–Crippen LogP) is 2.98. The summed E-state index contributed by atoms with van der Waals surface area (Å²) in [5, 5.41) is 5.87. The number of hydrogen-bond acceptors (Lipinski definition) is 3. The van der Waals surface area contributed by atoms with Gasteiger partial charge in [-0.15, -0.1) is 0 Å². The molecule has 0 spiro atoms. The molecule has 1 rings (SSSR count). The summed E-state index contributed by atoms with van der Waals surface area (Å²) in [6.07, 6.45) is 2.79. The van der Waals surface area contributed by atoms with Crippen LogP contribution in [0.1, 0.15) is 67.2 Å². The minimum absolute atomic E-state index is 0.0674.